The van der Waals surface area contributed by atoms with E-state index in [2.05, 4.69) is 22.6 Å². The summed E-state index contributed by atoms with van der Waals surface area (Å²) in [4.78, 5) is 158. The molecular formula is C29H62O40P8. The van der Waals surface area contributed by atoms with Crippen molar-refractivity contribution in [3.8, 4) is 0 Å². The summed E-state index contributed by atoms with van der Waals surface area (Å²) in [5.41, 5.74) is -1.69. The maximum atomic E-state index is 12.5. The van der Waals surface area contributed by atoms with E-state index in [1.807, 2.05) is 0 Å². The lowest BCUT2D eigenvalue weighted by Gasteiger charge is -2.49. The monoisotopic (exact) mass is 1300 g/mol. The van der Waals surface area contributed by atoms with Gasteiger partial charge >= 0.3 is 62.6 Å². The Morgan fingerprint density at radius 1 is 0.338 bits per heavy atom. The Morgan fingerprint density at radius 3 is 0.857 bits per heavy atom. The Kier molecular flexibility index (Phi) is 28.1. The van der Waals surface area contributed by atoms with Crippen LogP contribution in [0, 0.1) is 0 Å². The second kappa shape index (κ2) is 30.1. The van der Waals surface area contributed by atoms with Crippen LogP contribution < -0.4 is 0 Å². The van der Waals surface area contributed by atoms with Crippen molar-refractivity contribution in [2.24, 2.45) is 0 Å². The molecule has 0 amide bonds. The average Bonchev–Trinajstić information content (AvgIpc) is 4.00. The SMILES string of the molecule is CCCCOCCO[C@H]1[C@H](OP(=O)(O)O)[C@@H](OCCOC2(CO[C@H]3[C@H](OP(=O)(O)O)[C@@H](OCCOCCOC)[C@H](OP(=O)(O)O)[C@@H](OP(=O)(O)O)[C@@H]3OP(=O)(O)O)CC2)[C@H](OP(=O)(O)O)[C@H](OP(=O)(O)O)[C@@H]1OP(=O)(O)O. The third-order valence-electron chi connectivity index (χ3n) is 10.3. The van der Waals surface area contributed by atoms with Crippen molar-refractivity contribution in [2.75, 3.05) is 73.2 Å². The van der Waals surface area contributed by atoms with Gasteiger partial charge in [0.15, 0.2) is 0 Å². The van der Waals surface area contributed by atoms with E-state index in [1.54, 1.807) is 6.92 Å². The molecule has 3 saturated carbocycles. The van der Waals surface area contributed by atoms with E-state index in [-0.39, 0.29) is 39.3 Å². The zero-order chi connectivity index (χ0) is 58.6. The van der Waals surface area contributed by atoms with Gasteiger partial charge in [-0.25, -0.2) is 36.5 Å². The van der Waals surface area contributed by atoms with E-state index in [4.69, 9.17) is 51.5 Å². The Labute approximate surface area is 435 Å². The molecule has 0 aromatic rings. The Balaban J connectivity index is 2.10. The minimum Gasteiger partial charge on any atom is -0.382 e. The summed E-state index contributed by atoms with van der Waals surface area (Å²) in [7, 11) is -46.4. The number of unbranched alkanes of at least 4 members (excludes halogenated alkanes) is 1. The minimum atomic E-state index is -6.02. The van der Waals surface area contributed by atoms with Gasteiger partial charge in [0.1, 0.15) is 73.2 Å². The molecule has 0 bridgehead atoms. The van der Waals surface area contributed by atoms with Crippen LogP contribution in [0.25, 0.3) is 0 Å². The highest BCUT2D eigenvalue weighted by molar-refractivity contribution is 7.48. The first kappa shape index (κ1) is 71.8. The van der Waals surface area contributed by atoms with Gasteiger partial charge in [0.2, 0.25) is 0 Å². The van der Waals surface area contributed by atoms with E-state index in [9.17, 15) is 115 Å². The number of ether oxygens (including phenoxy) is 8. The number of methoxy groups -OCH3 is 1. The molecule has 0 aliphatic heterocycles. The molecule has 0 aromatic heterocycles. The van der Waals surface area contributed by atoms with Gasteiger partial charge in [0.05, 0.1) is 65.1 Å². The quantitative estimate of drug-likeness (QED) is 0.0223. The lowest BCUT2D eigenvalue weighted by Crippen LogP contribution is -2.67. The topological polar surface area (TPSA) is 608 Å². The predicted molar refractivity (Wildman–Crippen MR) is 241 cm³/mol. The first-order valence-corrected chi connectivity index (χ1v) is 34.0. The van der Waals surface area contributed by atoms with Gasteiger partial charge < -0.3 is 116 Å². The Bertz CT molecular complexity index is 2210. The minimum absolute atomic E-state index is 0.0117. The number of hydrogen-bond acceptors (Lipinski definition) is 24. The molecule has 77 heavy (non-hydrogen) atoms. The maximum absolute atomic E-state index is 12.5. The third-order valence-corrected chi connectivity index (χ3v) is 14.4. The largest absolute Gasteiger partial charge is 0.470 e. The van der Waals surface area contributed by atoms with Crippen LogP contribution in [-0.2, 0) is 111 Å². The van der Waals surface area contributed by atoms with Crippen LogP contribution in [-0.4, -0.2) is 230 Å². The van der Waals surface area contributed by atoms with Crippen LogP contribution in [0.3, 0.4) is 0 Å². The lowest BCUT2D eigenvalue weighted by molar-refractivity contribution is -0.243. The summed E-state index contributed by atoms with van der Waals surface area (Å²) in [5.74, 6) is 0. The Hall–Kier alpha value is 0.560. The van der Waals surface area contributed by atoms with Crippen LogP contribution in [0.2, 0.25) is 0 Å². The molecule has 0 radical (unpaired) electrons. The second-order valence-corrected chi connectivity index (χ2v) is 25.9. The molecule has 40 nitrogen and oxygen atoms in total. The van der Waals surface area contributed by atoms with Crippen molar-refractivity contribution >= 4 is 62.6 Å². The van der Waals surface area contributed by atoms with E-state index >= 15 is 0 Å². The van der Waals surface area contributed by atoms with Gasteiger partial charge in [-0.3, -0.25) is 36.2 Å². The summed E-state index contributed by atoms with van der Waals surface area (Å²) in [6, 6.07) is 0. The van der Waals surface area contributed by atoms with Gasteiger partial charge in [0.25, 0.3) is 0 Å². The molecule has 0 spiro atoms. The number of phosphoric ester groups is 8. The maximum Gasteiger partial charge on any atom is 0.470 e. The van der Waals surface area contributed by atoms with Crippen molar-refractivity contribution in [2.45, 2.75) is 111 Å². The van der Waals surface area contributed by atoms with E-state index in [0.717, 1.165) is 0 Å². The molecule has 48 heteroatoms. The van der Waals surface area contributed by atoms with Crippen LogP contribution >= 0.6 is 62.6 Å². The molecule has 3 rings (SSSR count). The van der Waals surface area contributed by atoms with E-state index in [1.165, 1.54) is 7.11 Å². The van der Waals surface area contributed by atoms with Crippen molar-refractivity contribution in [3.05, 3.63) is 0 Å². The van der Waals surface area contributed by atoms with Crippen molar-refractivity contribution in [1.29, 1.82) is 0 Å². The lowest BCUT2D eigenvalue weighted by atomic mass is 9.84. The molecular weight excluding hydrogens is 1240 g/mol. The molecule has 0 heterocycles. The van der Waals surface area contributed by atoms with Crippen LogP contribution in [0.1, 0.15) is 32.6 Å². The molecule has 0 unspecified atom stereocenters. The first-order valence-electron chi connectivity index (χ1n) is 21.7. The summed E-state index contributed by atoms with van der Waals surface area (Å²) >= 11 is 0. The summed E-state index contributed by atoms with van der Waals surface area (Å²) in [6.45, 7) is -3.20. The van der Waals surface area contributed by atoms with Gasteiger partial charge in [-0.05, 0) is 19.3 Å². The fourth-order valence-electron chi connectivity index (χ4n) is 7.47. The van der Waals surface area contributed by atoms with Crippen LogP contribution in [0.15, 0.2) is 0 Å². The average molecular weight is 1300 g/mol. The smallest absolute Gasteiger partial charge is 0.382 e. The molecule has 0 aromatic carbocycles. The number of rotatable bonds is 38. The zero-order valence-electron chi connectivity index (χ0n) is 39.9. The van der Waals surface area contributed by atoms with Crippen molar-refractivity contribution < 1.29 is 189 Å². The van der Waals surface area contributed by atoms with Gasteiger partial charge in [0, 0.05) is 13.7 Å². The van der Waals surface area contributed by atoms with Crippen LogP contribution in [0.5, 0.6) is 0 Å². The fourth-order valence-corrected chi connectivity index (χ4v) is 11.9. The van der Waals surface area contributed by atoms with Gasteiger partial charge in [-0.15, -0.1) is 0 Å². The number of phosphoric acid groups is 8. The van der Waals surface area contributed by atoms with Crippen LogP contribution in [0.4, 0.5) is 0 Å². The van der Waals surface area contributed by atoms with E-state index in [0.29, 0.717) is 12.8 Å². The van der Waals surface area contributed by atoms with Crippen molar-refractivity contribution in [3.63, 3.8) is 0 Å². The fraction of sp³-hybridized carbons (Fsp3) is 1.00. The number of hydrogen-bond donors (Lipinski definition) is 16. The standard InChI is InChI=1S/C29H62O40P8/c1-3-4-7-55-10-12-57-17-21(62-70(30,31)32)18(24(65-73(39,40)41)27(68-76(48,49)50)23(17)64-72(36,37)38)59-14-15-61-29(5-6-29)16-60-20-22(63-71(33,34)35)19(58-13-11-56-9-8-54-2)25(66-74(42,43)44)28(69-77(51,52)53)26(20)67-75(45,46)47/h17-28H,3-16H2,1-2H3,(H2,30,31,32)(H2,33,34,35)(H2,36,37,38)(H2,39,40,41)(H2,42,43,44)(H2,45,46,47)(H2,48,49,50)(H2,51,52,53)/t17-,18+,19+,20-,21-,22+,23+,24-,25-,26+,27+,28+/m0/s1. The summed E-state index contributed by atoms with van der Waals surface area (Å²) in [5, 5.41) is 0. The van der Waals surface area contributed by atoms with E-state index < -0.39 is 181 Å². The Morgan fingerprint density at radius 2 is 0.584 bits per heavy atom. The molecule has 0 saturated heterocycles. The van der Waals surface area contributed by atoms with Gasteiger partial charge in [-0.1, -0.05) is 13.3 Å². The molecule has 458 valence electrons. The third kappa shape index (κ3) is 27.9. The second-order valence-electron chi connectivity index (χ2n) is 16.4. The molecule has 3 aliphatic rings. The molecule has 3 aliphatic carbocycles. The molecule has 3 fully saturated rings. The highest BCUT2D eigenvalue weighted by Gasteiger charge is 2.63. The van der Waals surface area contributed by atoms with Gasteiger partial charge in [-0.2, -0.15) is 0 Å². The first-order chi connectivity index (χ1) is 35.1. The summed E-state index contributed by atoms with van der Waals surface area (Å²) < 4.78 is 180. The highest BCUT2D eigenvalue weighted by atomic mass is 31.2. The molecule has 16 N–H and O–H groups in total. The predicted octanol–water partition coefficient (Wildman–Crippen LogP) is -2.59. The summed E-state index contributed by atoms with van der Waals surface area (Å²) in [6.07, 6.45) is -30.7. The van der Waals surface area contributed by atoms with Crippen molar-refractivity contribution in [1.82, 2.24) is 0 Å². The molecule has 12 atom stereocenters. The zero-order valence-corrected chi connectivity index (χ0v) is 47.0. The normalized spacial score (nSPS) is 29.0. The highest BCUT2D eigenvalue weighted by Crippen LogP contribution is 2.56.